The molecule has 106 valence electrons. The number of aliphatic hydroxyl groups excluding tert-OH is 1. The van der Waals surface area contributed by atoms with E-state index in [-0.39, 0.29) is 18.2 Å². The first-order chi connectivity index (χ1) is 9.00. The third-order valence-corrected chi connectivity index (χ3v) is 4.35. The van der Waals surface area contributed by atoms with Crippen molar-refractivity contribution in [2.75, 3.05) is 13.1 Å². The van der Waals surface area contributed by atoms with Gasteiger partial charge in [0, 0.05) is 18.6 Å². The van der Waals surface area contributed by atoms with Crippen LogP contribution in [0.3, 0.4) is 0 Å². The molecule has 1 saturated heterocycles. The highest BCUT2D eigenvalue weighted by Gasteiger charge is 2.32. The Morgan fingerprint density at radius 3 is 2.63 bits per heavy atom. The topological polar surface area (TPSA) is 49.5 Å². The highest BCUT2D eigenvalue weighted by molar-refractivity contribution is 5.30. The number of aliphatic hydroxyl groups is 1. The molecule has 1 aromatic rings. The fraction of sp³-hybridized carbons (Fsp3) is 0.625. The highest BCUT2D eigenvalue weighted by atomic mass is 16.3. The zero-order valence-electron chi connectivity index (χ0n) is 12.2. The lowest BCUT2D eigenvalue weighted by Gasteiger charge is -2.41. The van der Waals surface area contributed by atoms with Crippen molar-refractivity contribution in [1.29, 1.82) is 0 Å². The minimum absolute atomic E-state index is 0.0571. The van der Waals surface area contributed by atoms with Crippen LogP contribution in [0.2, 0.25) is 0 Å². The van der Waals surface area contributed by atoms with Crippen LogP contribution in [0.15, 0.2) is 24.3 Å². The summed E-state index contributed by atoms with van der Waals surface area (Å²) in [6.45, 7) is 8.05. The lowest BCUT2D eigenvalue weighted by molar-refractivity contribution is 0.00527. The Bertz CT molecular complexity index is 419. The van der Waals surface area contributed by atoms with Gasteiger partial charge in [0.1, 0.15) is 0 Å². The molecule has 19 heavy (non-hydrogen) atoms. The summed E-state index contributed by atoms with van der Waals surface area (Å²) in [5.74, 6) is 0.391. The molecule has 1 heterocycles. The molecule has 1 fully saturated rings. The van der Waals surface area contributed by atoms with Crippen molar-refractivity contribution in [3.05, 3.63) is 35.4 Å². The summed E-state index contributed by atoms with van der Waals surface area (Å²) in [5.41, 5.74) is 8.79. The van der Waals surface area contributed by atoms with Gasteiger partial charge in [0.25, 0.3) is 0 Å². The first kappa shape index (κ1) is 14.5. The molecule has 3 heteroatoms. The molecule has 0 spiro atoms. The van der Waals surface area contributed by atoms with E-state index >= 15 is 0 Å². The number of benzene rings is 1. The van der Waals surface area contributed by atoms with E-state index in [1.165, 1.54) is 11.1 Å². The maximum atomic E-state index is 10.1. The van der Waals surface area contributed by atoms with Crippen LogP contribution >= 0.6 is 0 Å². The maximum Gasteiger partial charge on any atom is 0.0693 e. The molecule has 0 bridgehead atoms. The minimum Gasteiger partial charge on any atom is -0.392 e. The molecule has 0 amide bonds. The Morgan fingerprint density at radius 1 is 1.37 bits per heavy atom. The minimum atomic E-state index is -0.237. The average Bonchev–Trinajstić information content (AvgIpc) is 2.36. The molecule has 1 aliphatic rings. The first-order valence-corrected chi connectivity index (χ1v) is 7.24. The average molecular weight is 262 g/mol. The SMILES string of the molecule is Cc1ccccc1C(C(C)N)N1CCC(C)C(O)C1. The van der Waals surface area contributed by atoms with Crippen LogP contribution in [0.5, 0.6) is 0 Å². The fourth-order valence-corrected chi connectivity index (χ4v) is 3.06. The third-order valence-electron chi connectivity index (χ3n) is 4.35. The van der Waals surface area contributed by atoms with Gasteiger partial charge in [-0.15, -0.1) is 0 Å². The summed E-state index contributed by atoms with van der Waals surface area (Å²) in [7, 11) is 0. The van der Waals surface area contributed by atoms with Crippen molar-refractivity contribution in [2.24, 2.45) is 11.7 Å². The smallest absolute Gasteiger partial charge is 0.0693 e. The predicted molar refractivity (Wildman–Crippen MR) is 78.9 cm³/mol. The molecule has 0 aromatic heterocycles. The number of hydrogen-bond acceptors (Lipinski definition) is 3. The number of β-amino-alcohol motifs (C(OH)–C–C–N with tert-alkyl or cyclic N) is 1. The molecule has 2 rings (SSSR count). The molecule has 3 N–H and O–H groups in total. The molecule has 1 aliphatic heterocycles. The summed E-state index contributed by atoms with van der Waals surface area (Å²) < 4.78 is 0. The Labute approximate surface area is 116 Å². The second kappa shape index (κ2) is 6.04. The lowest BCUT2D eigenvalue weighted by Crippen LogP contribution is -2.48. The standard InChI is InChI=1S/C16H26N2O/c1-11-6-4-5-7-14(11)16(13(3)17)18-9-8-12(2)15(19)10-18/h4-7,12-13,15-16,19H,8-10,17H2,1-3H3. The number of aryl methyl sites for hydroxylation is 1. The second-order valence-corrected chi connectivity index (χ2v) is 5.99. The summed E-state index contributed by atoms with van der Waals surface area (Å²) >= 11 is 0. The van der Waals surface area contributed by atoms with Crippen LogP contribution in [-0.2, 0) is 0 Å². The lowest BCUT2D eigenvalue weighted by atomic mass is 9.90. The number of hydrogen-bond donors (Lipinski definition) is 2. The largest absolute Gasteiger partial charge is 0.392 e. The molecule has 0 saturated carbocycles. The van der Waals surface area contributed by atoms with E-state index in [2.05, 4.69) is 49.9 Å². The van der Waals surface area contributed by atoms with E-state index in [1.807, 2.05) is 0 Å². The molecule has 4 atom stereocenters. The van der Waals surface area contributed by atoms with Gasteiger partial charge in [-0.1, -0.05) is 31.2 Å². The summed E-state index contributed by atoms with van der Waals surface area (Å²) in [6.07, 6.45) is 0.801. The van der Waals surface area contributed by atoms with Crippen molar-refractivity contribution in [3.8, 4) is 0 Å². The predicted octanol–water partition coefficient (Wildman–Crippen LogP) is 2.09. The van der Waals surface area contributed by atoms with Gasteiger partial charge in [0.15, 0.2) is 0 Å². The van der Waals surface area contributed by atoms with Crippen LogP contribution in [-0.4, -0.2) is 35.2 Å². The van der Waals surface area contributed by atoms with Crippen LogP contribution < -0.4 is 5.73 Å². The first-order valence-electron chi connectivity index (χ1n) is 7.24. The van der Waals surface area contributed by atoms with Crippen LogP contribution in [0.1, 0.15) is 37.4 Å². The maximum absolute atomic E-state index is 10.1. The number of likely N-dealkylation sites (tertiary alicyclic amines) is 1. The quantitative estimate of drug-likeness (QED) is 0.877. The summed E-state index contributed by atoms with van der Waals surface area (Å²) in [6, 6.07) is 8.68. The Hall–Kier alpha value is -0.900. The van der Waals surface area contributed by atoms with Crippen molar-refractivity contribution >= 4 is 0 Å². The molecule has 0 radical (unpaired) electrons. The zero-order chi connectivity index (χ0) is 14.0. The zero-order valence-corrected chi connectivity index (χ0v) is 12.2. The van der Waals surface area contributed by atoms with E-state index < -0.39 is 0 Å². The normalized spacial score (nSPS) is 28.1. The Morgan fingerprint density at radius 2 is 2.05 bits per heavy atom. The van der Waals surface area contributed by atoms with Gasteiger partial charge in [-0.05, 0) is 43.9 Å². The van der Waals surface area contributed by atoms with E-state index in [0.717, 1.165) is 19.5 Å². The molecular weight excluding hydrogens is 236 g/mol. The summed E-state index contributed by atoms with van der Waals surface area (Å²) in [5, 5.41) is 10.1. The van der Waals surface area contributed by atoms with Gasteiger partial charge in [0.2, 0.25) is 0 Å². The van der Waals surface area contributed by atoms with Crippen molar-refractivity contribution in [1.82, 2.24) is 4.90 Å². The monoisotopic (exact) mass is 262 g/mol. The van der Waals surface area contributed by atoms with Crippen molar-refractivity contribution in [2.45, 2.75) is 45.4 Å². The van der Waals surface area contributed by atoms with E-state index in [4.69, 9.17) is 5.73 Å². The van der Waals surface area contributed by atoms with Gasteiger partial charge in [-0.3, -0.25) is 4.90 Å². The summed E-state index contributed by atoms with van der Waals surface area (Å²) in [4.78, 5) is 2.34. The number of rotatable bonds is 3. The van der Waals surface area contributed by atoms with Gasteiger partial charge >= 0.3 is 0 Å². The van der Waals surface area contributed by atoms with Crippen molar-refractivity contribution < 1.29 is 5.11 Å². The van der Waals surface area contributed by atoms with Gasteiger partial charge in [-0.25, -0.2) is 0 Å². The number of nitrogens with two attached hydrogens (primary N) is 1. The van der Waals surface area contributed by atoms with Crippen molar-refractivity contribution in [3.63, 3.8) is 0 Å². The van der Waals surface area contributed by atoms with E-state index in [9.17, 15) is 5.11 Å². The molecule has 3 nitrogen and oxygen atoms in total. The third kappa shape index (κ3) is 3.16. The molecule has 1 aromatic carbocycles. The Balaban J connectivity index is 2.24. The molecule has 0 aliphatic carbocycles. The number of nitrogens with zero attached hydrogens (tertiary/aromatic N) is 1. The van der Waals surface area contributed by atoms with Crippen LogP contribution in [0, 0.1) is 12.8 Å². The van der Waals surface area contributed by atoms with E-state index in [1.54, 1.807) is 0 Å². The fourth-order valence-electron chi connectivity index (χ4n) is 3.06. The van der Waals surface area contributed by atoms with E-state index in [0.29, 0.717) is 5.92 Å². The molecule has 4 unspecified atom stereocenters. The van der Waals surface area contributed by atoms with Crippen LogP contribution in [0.25, 0.3) is 0 Å². The van der Waals surface area contributed by atoms with Gasteiger partial charge in [-0.2, -0.15) is 0 Å². The van der Waals surface area contributed by atoms with Crippen LogP contribution in [0.4, 0.5) is 0 Å². The van der Waals surface area contributed by atoms with Gasteiger partial charge in [0.05, 0.1) is 6.10 Å². The highest BCUT2D eigenvalue weighted by Crippen LogP contribution is 2.30. The number of piperidine rings is 1. The second-order valence-electron chi connectivity index (χ2n) is 5.99. The van der Waals surface area contributed by atoms with Gasteiger partial charge < -0.3 is 10.8 Å². The molecular formula is C16H26N2O. The Kier molecular flexibility index (Phi) is 4.61.